The summed E-state index contributed by atoms with van der Waals surface area (Å²) in [5, 5.41) is 13.0. The van der Waals surface area contributed by atoms with E-state index in [0.717, 1.165) is 4.57 Å². The van der Waals surface area contributed by atoms with Crippen molar-refractivity contribution in [2.45, 2.75) is 45.6 Å². The molecule has 2 rings (SSSR count). The van der Waals surface area contributed by atoms with E-state index in [4.69, 9.17) is 29.9 Å². The molecule has 0 amide bonds. The van der Waals surface area contributed by atoms with Crippen molar-refractivity contribution >= 4 is 29.3 Å². The van der Waals surface area contributed by atoms with Gasteiger partial charge >= 0.3 is 29.2 Å². The predicted molar refractivity (Wildman–Crippen MR) is 145 cm³/mol. The first-order valence-corrected chi connectivity index (χ1v) is 17.0. The average Bonchev–Trinajstić information content (AvgIpc) is 3.22. The Kier molecular flexibility index (Phi) is 16.5. The summed E-state index contributed by atoms with van der Waals surface area (Å²) in [6, 6.07) is 1.47. The smallest absolute Gasteiger partial charge is 0.390 e. The number of phosphoric acid groups is 3. The first kappa shape index (κ1) is 37.9. The van der Waals surface area contributed by atoms with Crippen molar-refractivity contribution in [1.29, 1.82) is 0 Å². The van der Waals surface area contributed by atoms with E-state index >= 15 is 0 Å². The lowest BCUT2D eigenvalue weighted by molar-refractivity contribution is -0.0449. The Labute approximate surface area is 237 Å². The number of hydrogen-bond donors (Lipinski definition) is 7. The van der Waals surface area contributed by atoms with E-state index < -0.39 is 54.2 Å². The average molecular weight is 655 g/mol. The van der Waals surface area contributed by atoms with Gasteiger partial charge in [0.1, 0.15) is 18.1 Å². The summed E-state index contributed by atoms with van der Waals surface area (Å²) in [7, 11) is -16.6. The molecule has 19 nitrogen and oxygen atoms in total. The zero-order chi connectivity index (χ0) is 31.3. The molecule has 41 heavy (non-hydrogen) atoms. The highest BCUT2D eigenvalue weighted by atomic mass is 31.3. The first-order valence-electron chi connectivity index (χ1n) is 12.5. The standard InChI is InChI=1S/C13H25N4O14P3.C6H15N/c14-2-5-27-6-3-15-11-1-4-17(13(19)16-11)12-7-9(18)10(29-12)8-28-33(23,24)31-34(25,26)30-32(20,21)22;1-4-7(5-2)6-3/h1,4,9-10,12,18H,2-3,5-8,14H2,(H,23,24)(H,25,26)(H,15,16,19)(H2,20,21,22);4-6H2,1-3H3/t9-,10+,12+;/m0./s1. The molecule has 1 aliphatic heterocycles. The lowest BCUT2D eigenvalue weighted by Gasteiger charge is -2.19. The summed E-state index contributed by atoms with van der Waals surface area (Å²) in [5.74, 6) is 0.264. The van der Waals surface area contributed by atoms with Crippen molar-refractivity contribution in [2.24, 2.45) is 5.73 Å². The van der Waals surface area contributed by atoms with E-state index in [-0.39, 0.29) is 12.2 Å². The van der Waals surface area contributed by atoms with Crippen LogP contribution in [-0.4, -0.2) is 104 Å². The Bertz CT molecular complexity index is 1110. The predicted octanol–water partition coefficient (Wildman–Crippen LogP) is -0.0297. The Morgan fingerprint density at radius 3 is 2.24 bits per heavy atom. The van der Waals surface area contributed by atoms with Gasteiger partial charge in [-0.3, -0.25) is 9.09 Å². The molecule has 8 N–H and O–H groups in total. The molecule has 2 heterocycles. The van der Waals surface area contributed by atoms with Gasteiger partial charge in [0.2, 0.25) is 0 Å². The van der Waals surface area contributed by atoms with Gasteiger partial charge in [-0.05, 0) is 25.7 Å². The highest BCUT2D eigenvalue weighted by molar-refractivity contribution is 7.66. The lowest BCUT2D eigenvalue weighted by atomic mass is 10.2. The summed E-state index contributed by atoms with van der Waals surface area (Å²) in [4.78, 5) is 54.1. The zero-order valence-electron chi connectivity index (χ0n) is 22.9. The number of aliphatic hydroxyl groups excluding tert-OH is 1. The van der Waals surface area contributed by atoms with Gasteiger partial charge in [-0.1, -0.05) is 20.8 Å². The third-order valence-corrected chi connectivity index (χ3v) is 9.12. The highest BCUT2D eigenvalue weighted by Crippen LogP contribution is 2.66. The molecule has 0 spiro atoms. The Hall–Kier alpha value is -1.11. The van der Waals surface area contributed by atoms with Gasteiger partial charge in [-0.15, -0.1) is 0 Å². The van der Waals surface area contributed by atoms with Crippen molar-refractivity contribution < 1.29 is 61.0 Å². The number of hydrogen-bond acceptors (Lipinski definition) is 14. The van der Waals surface area contributed by atoms with Crippen LogP contribution in [0.4, 0.5) is 5.82 Å². The van der Waals surface area contributed by atoms with Crippen LogP contribution in [0.15, 0.2) is 17.1 Å². The van der Waals surface area contributed by atoms with Crippen LogP contribution in [0.1, 0.15) is 33.4 Å². The topological polar surface area (TPSA) is 275 Å². The molecule has 1 aromatic heterocycles. The van der Waals surface area contributed by atoms with Crippen molar-refractivity contribution in [2.75, 3.05) is 57.9 Å². The van der Waals surface area contributed by atoms with Gasteiger partial charge in [-0.25, -0.2) is 18.5 Å². The Balaban J connectivity index is 0.00000106. The third kappa shape index (κ3) is 15.3. The number of nitrogens with one attached hydrogen (secondary N) is 1. The summed E-state index contributed by atoms with van der Waals surface area (Å²) in [5.41, 5.74) is 4.57. The van der Waals surface area contributed by atoms with Crippen LogP contribution in [-0.2, 0) is 36.3 Å². The minimum Gasteiger partial charge on any atom is -0.390 e. The van der Waals surface area contributed by atoms with Gasteiger partial charge in [-0.2, -0.15) is 13.6 Å². The van der Waals surface area contributed by atoms with Crippen molar-refractivity contribution in [3.05, 3.63) is 22.7 Å². The minimum absolute atomic E-state index is 0.133. The maximum atomic E-state index is 12.3. The van der Waals surface area contributed by atoms with Crippen LogP contribution < -0.4 is 16.7 Å². The second-order valence-electron chi connectivity index (χ2n) is 8.27. The molecule has 5 atom stereocenters. The Morgan fingerprint density at radius 1 is 1.10 bits per heavy atom. The van der Waals surface area contributed by atoms with Crippen molar-refractivity contribution in [1.82, 2.24) is 14.5 Å². The number of anilines is 1. The summed E-state index contributed by atoms with van der Waals surface area (Å²) in [6.45, 7) is 10.8. The van der Waals surface area contributed by atoms with Gasteiger partial charge in [0, 0.05) is 25.7 Å². The minimum atomic E-state index is -5.68. The van der Waals surface area contributed by atoms with Crippen LogP contribution in [0.25, 0.3) is 0 Å². The molecular formula is C19H40N5O14P3. The Morgan fingerprint density at radius 2 is 1.73 bits per heavy atom. The van der Waals surface area contributed by atoms with Crippen LogP contribution in [0, 0.1) is 0 Å². The number of aromatic nitrogens is 2. The fourth-order valence-electron chi connectivity index (χ4n) is 3.34. The fourth-order valence-corrected chi connectivity index (χ4v) is 6.37. The lowest BCUT2D eigenvalue weighted by Crippen LogP contribution is -2.28. The second kappa shape index (κ2) is 17.9. The number of rotatable bonds is 17. The number of aliphatic hydroxyl groups is 1. The highest BCUT2D eigenvalue weighted by Gasteiger charge is 2.43. The van der Waals surface area contributed by atoms with Gasteiger partial charge < -0.3 is 50.1 Å². The number of nitrogens with zero attached hydrogens (tertiary/aromatic N) is 3. The molecule has 1 fully saturated rings. The van der Waals surface area contributed by atoms with Gasteiger partial charge in [0.15, 0.2) is 0 Å². The van der Waals surface area contributed by atoms with E-state index in [0.29, 0.717) is 26.3 Å². The quantitative estimate of drug-likeness (QED) is 0.0857. The van der Waals surface area contributed by atoms with Crippen LogP contribution in [0.5, 0.6) is 0 Å². The van der Waals surface area contributed by atoms with E-state index in [2.05, 4.69) is 49.1 Å². The molecule has 240 valence electrons. The monoisotopic (exact) mass is 655 g/mol. The number of phosphoric ester groups is 1. The van der Waals surface area contributed by atoms with E-state index in [9.17, 15) is 28.5 Å². The molecule has 1 aromatic rings. The SMILES string of the molecule is CCN(CC)CC.NCCOCCNc1ccn([C@H]2C[C@H](O)[C@@H](COP(=O)(O)OP(=O)(O)OP(=O)(O)O)O2)c(=O)n1. The molecule has 0 saturated carbocycles. The number of nitrogens with two attached hydrogens (primary N) is 1. The molecule has 1 aliphatic rings. The maximum absolute atomic E-state index is 12.3. The first-order chi connectivity index (χ1) is 19.1. The molecular weight excluding hydrogens is 615 g/mol. The van der Waals surface area contributed by atoms with Gasteiger partial charge in [0.05, 0.1) is 25.9 Å². The third-order valence-electron chi connectivity index (χ3n) is 5.32. The van der Waals surface area contributed by atoms with Crippen LogP contribution in [0.2, 0.25) is 0 Å². The van der Waals surface area contributed by atoms with E-state index in [1.165, 1.54) is 31.9 Å². The van der Waals surface area contributed by atoms with Crippen molar-refractivity contribution in [3.8, 4) is 0 Å². The summed E-state index contributed by atoms with van der Waals surface area (Å²) in [6.07, 6.45) is -2.38. The van der Waals surface area contributed by atoms with E-state index in [1.807, 2.05) is 0 Å². The number of ether oxygens (including phenoxy) is 2. The fraction of sp³-hybridized carbons (Fsp3) is 0.789. The summed E-state index contributed by atoms with van der Waals surface area (Å²) >= 11 is 0. The molecule has 2 unspecified atom stereocenters. The normalized spacial score (nSPS) is 22.0. The van der Waals surface area contributed by atoms with E-state index in [1.54, 1.807) is 0 Å². The van der Waals surface area contributed by atoms with Crippen LogP contribution >= 0.6 is 23.5 Å². The molecule has 22 heteroatoms. The molecule has 0 aromatic carbocycles. The molecule has 0 radical (unpaired) electrons. The zero-order valence-corrected chi connectivity index (χ0v) is 25.6. The summed E-state index contributed by atoms with van der Waals surface area (Å²) < 4.78 is 57.0. The van der Waals surface area contributed by atoms with Crippen molar-refractivity contribution in [3.63, 3.8) is 0 Å². The second-order valence-corrected chi connectivity index (χ2v) is 12.7. The van der Waals surface area contributed by atoms with Crippen LogP contribution in [0.3, 0.4) is 0 Å². The molecule has 0 bridgehead atoms. The largest absolute Gasteiger partial charge is 0.490 e. The maximum Gasteiger partial charge on any atom is 0.490 e. The molecule has 1 saturated heterocycles. The van der Waals surface area contributed by atoms with Gasteiger partial charge in [0.25, 0.3) is 0 Å². The molecule has 0 aliphatic carbocycles.